The zero-order valence-electron chi connectivity index (χ0n) is 11.1. The van der Waals surface area contributed by atoms with Gasteiger partial charge in [0.15, 0.2) is 0 Å². The number of nitrogens with one attached hydrogen (secondary N) is 1. The average Bonchev–Trinajstić information content (AvgIpc) is 2.49. The molecule has 0 aliphatic carbocycles. The molecule has 0 bridgehead atoms. The van der Waals surface area contributed by atoms with Crippen molar-refractivity contribution in [2.75, 3.05) is 4.72 Å². The van der Waals surface area contributed by atoms with Crippen molar-refractivity contribution in [1.29, 1.82) is 0 Å². The number of pyridine rings is 1. The minimum Gasteiger partial charge on any atom is -0.277 e. The van der Waals surface area contributed by atoms with Crippen LogP contribution in [-0.2, 0) is 10.0 Å². The maximum absolute atomic E-state index is 13.8. The molecule has 1 N–H and O–H groups in total. The quantitative estimate of drug-likeness (QED) is 0.748. The molecule has 0 saturated heterocycles. The topological polar surface area (TPSA) is 59.1 Å². The molecule has 1 aromatic heterocycles. The van der Waals surface area contributed by atoms with E-state index in [1.807, 2.05) is 0 Å². The van der Waals surface area contributed by atoms with E-state index in [4.69, 9.17) is 0 Å². The molecule has 112 valence electrons. The molecule has 0 radical (unpaired) electrons. The first kappa shape index (κ1) is 14.9. The number of nitrogens with zero attached hydrogens (tertiary/aromatic N) is 1. The van der Waals surface area contributed by atoms with Crippen LogP contribution in [0, 0.1) is 5.82 Å². The van der Waals surface area contributed by atoms with Gasteiger partial charge in [-0.3, -0.25) is 9.71 Å². The molecule has 0 amide bonds. The van der Waals surface area contributed by atoms with Crippen LogP contribution in [0.15, 0.2) is 64.2 Å². The molecule has 3 aromatic rings. The van der Waals surface area contributed by atoms with Gasteiger partial charge in [-0.1, -0.05) is 28.1 Å². The minimum absolute atomic E-state index is 0.0784. The zero-order chi connectivity index (χ0) is 15.7. The first-order valence-corrected chi connectivity index (χ1v) is 8.55. The van der Waals surface area contributed by atoms with Gasteiger partial charge in [0.2, 0.25) is 0 Å². The van der Waals surface area contributed by atoms with Gasteiger partial charge in [-0.15, -0.1) is 0 Å². The summed E-state index contributed by atoms with van der Waals surface area (Å²) < 4.78 is 41.7. The summed E-state index contributed by atoms with van der Waals surface area (Å²) in [4.78, 5) is 4.04. The highest BCUT2D eigenvalue weighted by Crippen LogP contribution is 2.26. The summed E-state index contributed by atoms with van der Waals surface area (Å²) in [5.41, 5.74) is -0.103. The number of hydrogen-bond donors (Lipinski definition) is 1. The first-order valence-electron chi connectivity index (χ1n) is 6.28. The smallest absolute Gasteiger partial charge is 0.262 e. The highest BCUT2D eigenvalue weighted by Gasteiger charge is 2.19. The summed E-state index contributed by atoms with van der Waals surface area (Å²) in [5.74, 6) is -0.653. The zero-order valence-corrected chi connectivity index (χ0v) is 13.5. The number of benzene rings is 2. The third kappa shape index (κ3) is 2.82. The van der Waals surface area contributed by atoms with Crippen molar-refractivity contribution in [2.45, 2.75) is 4.90 Å². The van der Waals surface area contributed by atoms with Crippen molar-refractivity contribution in [1.82, 2.24) is 4.98 Å². The van der Waals surface area contributed by atoms with Crippen LogP contribution >= 0.6 is 15.9 Å². The Bertz CT molecular complexity index is 955. The summed E-state index contributed by atoms with van der Waals surface area (Å²) in [6.07, 6.45) is 3.09. The van der Waals surface area contributed by atoms with E-state index in [2.05, 4.69) is 25.6 Å². The van der Waals surface area contributed by atoms with E-state index in [0.29, 0.717) is 15.2 Å². The number of fused-ring (bicyclic) bond motifs is 1. The molecule has 2 aromatic carbocycles. The molecule has 0 atom stereocenters. The molecular formula is C15H10BrFN2O2S. The summed E-state index contributed by atoms with van der Waals surface area (Å²) >= 11 is 3.13. The Morgan fingerprint density at radius 1 is 1.14 bits per heavy atom. The number of hydrogen-bond acceptors (Lipinski definition) is 3. The first-order chi connectivity index (χ1) is 10.5. The summed E-state index contributed by atoms with van der Waals surface area (Å²) in [6.45, 7) is 0. The van der Waals surface area contributed by atoms with Crippen LogP contribution in [0.4, 0.5) is 10.1 Å². The molecule has 0 aliphatic heterocycles. The molecule has 4 nitrogen and oxygen atoms in total. The second-order valence-corrected chi connectivity index (χ2v) is 7.15. The van der Waals surface area contributed by atoms with E-state index in [1.54, 1.807) is 30.5 Å². The van der Waals surface area contributed by atoms with Crippen LogP contribution in [0.25, 0.3) is 10.8 Å². The van der Waals surface area contributed by atoms with Crippen molar-refractivity contribution in [3.8, 4) is 0 Å². The van der Waals surface area contributed by atoms with E-state index >= 15 is 0 Å². The third-order valence-electron chi connectivity index (χ3n) is 3.11. The SMILES string of the molecule is O=S(=O)(Nc1ccc(Br)cc1F)c1cccc2cnccc12. The maximum atomic E-state index is 13.8. The lowest BCUT2D eigenvalue weighted by molar-refractivity contribution is 0.599. The molecule has 0 saturated carbocycles. The molecule has 0 unspecified atom stereocenters. The second kappa shape index (κ2) is 5.66. The second-order valence-electron chi connectivity index (χ2n) is 4.58. The predicted molar refractivity (Wildman–Crippen MR) is 86.7 cm³/mol. The van der Waals surface area contributed by atoms with Crippen molar-refractivity contribution in [2.24, 2.45) is 0 Å². The van der Waals surface area contributed by atoms with Crippen molar-refractivity contribution < 1.29 is 12.8 Å². The van der Waals surface area contributed by atoms with Gasteiger partial charge in [-0.25, -0.2) is 12.8 Å². The Kier molecular flexibility index (Phi) is 3.84. The maximum Gasteiger partial charge on any atom is 0.262 e. The van der Waals surface area contributed by atoms with Crippen molar-refractivity contribution in [3.63, 3.8) is 0 Å². The molecule has 0 spiro atoms. The predicted octanol–water partition coefficient (Wildman–Crippen LogP) is 3.94. The molecule has 3 rings (SSSR count). The third-order valence-corrected chi connectivity index (χ3v) is 5.02. The van der Waals surface area contributed by atoms with Gasteiger partial charge in [0.05, 0.1) is 10.6 Å². The Balaban J connectivity index is 2.09. The largest absolute Gasteiger partial charge is 0.277 e. The van der Waals surface area contributed by atoms with Gasteiger partial charge in [0.25, 0.3) is 10.0 Å². The Labute approximate surface area is 135 Å². The summed E-state index contributed by atoms with van der Waals surface area (Å²) in [6, 6.07) is 10.6. The molecule has 0 fully saturated rings. The number of sulfonamides is 1. The number of aromatic nitrogens is 1. The normalized spacial score (nSPS) is 11.5. The molecule has 7 heteroatoms. The van der Waals surface area contributed by atoms with Crippen molar-refractivity contribution in [3.05, 3.63) is 65.1 Å². The highest BCUT2D eigenvalue weighted by molar-refractivity contribution is 9.10. The lowest BCUT2D eigenvalue weighted by Gasteiger charge is -2.11. The lowest BCUT2D eigenvalue weighted by atomic mass is 10.2. The monoisotopic (exact) mass is 380 g/mol. The number of halogens is 2. The van der Waals surface area contributed by atoms with E-state index < -0.39 is 15.8 Å². The fraction of sp³-hybridized carbons (Fsp3) is 0. The standard InChI is InChI=1S/C15H10BrFN2O2S/c16-11-4-5-14(13(17)8-11)19-22(20,21)15-3-1-2-10-9-18-7-6-12(10)15/h1-9,19H. The fourth-order valence-corrected chi connectivity index (χ4v) is 3.73. The van der Waals surface area contributed by atoms with Gasteiger partial charge >= 0.3 is 0 Å². The fourth-order valence-electron chi connectivity index (χ4n) is 2.10. The average molecular weight is 381 g/mol. The van der Waals surface area contributed by atoms with Crippen LogP contribution in [0.1, 0.15) is 0 Å². The van der Waals surface area contributed by atoms with Crippen molar-refractivity contribution >= 4 is 42.4 Å². The van der Waals surface area contributed by atoms with Crippen LogP contribution in [0.5, 0.6) is 0 Å². The van der Waals surface area contributed by atoms with E-state index in [0.717, 1.165) is 0 Å². The minimum atomic E-state index is -3.91. The van der Waals surface area contributed by atoms with Crippen LogP contribution in [0.2, 0.25) is 0 Å². The van der Waals surface area contributed by atoms with Gasteiger partial charge in [0.1, 0.15) is 5.82 Å². The molecule has 0 aliphatic rings. The van der Waals surface area contributed by atoms with E-state index in [9.17, 15) is 12.8 Å². The highest BCUT2D eigenvalue weighted by atomic mass is 79.9. The lowest BCUT2D eigenvalue weighted by Crippen LogP contribution is -2.14. The van der Waals surface area contributed by atoms with Gasteiger partial charge in [-0.2, -0.15) is 0 Å². The summed E-state index contributed by atoms with van der Waals surface area (Å²) in [5, 5.41) is 1.23. The number of anilines is 1. The van der Waals surface area contributed by atoms with E-state index in [-0.39, 0.29) is 10.6 Å². The van der Waals surface area contributed by atoms with Crippen LogP contribution in [0.3, 0.4) is 0 Å². The molecule has 1 heterocycles. The Morgan fingerprint density at radius 2 is 1.95 bits per heavy atom. The summed E-state index contributed by atoms with van der Waals surface area (Å²) in [7, 11) is -3.91. The van der Waals surface area contributed by atoms with Crippen LogP contribution < -0.4 is 4.72 Å². The Morgan fingerprint density at radius 3 is 2.73 bits per heavy atom. The van der Waals surface area contributed by atoms with E-state index in [1.165, 1.54) is 24.4 Å². The Hall–Kier alpha value is -1.99. The molecule has 22 heavy (non-hydrogen) atoms. The van der Waals surface area contributed by atoms with Gasteiger partial charge in [0, 0.05) is 27.6 Å². The molecular weight excluding hydrogens is 371 g/mol. The van der Waals surface area contributed by atoms with Gasteiger partial charge < -0.3 is 0 Å². The van der Waals surface area contributed by atoms with Crippen LogP contribution in [-0.4, -0.2) is 13.4 Å². The van der Waals surface area contributed by atoms with Gasteiger partial charge in [-0.05, 0) is 30.3 Å². The number of rotatable bonds is 3.